The van der Waals surface area contributed by atoms with Crippen molar-refractivity contribution >= 4 is 65.0 Å². The number of rotatable bonds is 9. The lowest BCUT2D eigenvalue weighted by atomic mass is 10.2. The number of urea groups is 1. The van der Waals surface area contributed by atoms with Crippen molar-refractivity contribution < 1.29 is 27.4 Å². The maximum absolute atomic E-state index is 12.9. The fourth-order valence-electron chi connectivity index (χ4n) is 3.39. The van der Waals surface area contributed by atoms with E-state index in [4.69, 9.17) is 27.8 Å². The highest BCUT2D eigenvalue weighted by molar-refractivity contribution is 6.32. The van der Waals surface area contributed by atoms with Gasteiger partial charge in [-0.3, -0.25) is 0 Å². The summed E-state index contributed by atoms with van der Waals surface area (Å²) in [4.78, 5) is 18.5. The van der Waals surface area contributed by atoms with Crippen LogP contribution in [0.25, 0.3) is 11.0 Å². The molecule has 0 aliphatic rings. The number of nitrogens with zero attached hydrogens (tertiary/aromatic N) is 3. The summed E-state index contributed by atoms with van der Waals surface area (Å²) in [7, 11) is 1.56. The van der Waals surface area contributed by atoms with Crippen LogP contribution in [0, 0.1) is 0 Å². The summed E-state index contributed by atoms with van der Waals surface area (Å²) in [5, 5.41) is 5.78. The first kappa shape index (κ1) is 35.5. The number of carbonyl (C=O) groups excluding carboxylic acids is 1. The summed E-state index contributed by atoms with van der Waals surface area (Å²) in [5.74, 6) is 0.839. The second-order valence-electron chi connectivity index (χ2n) is 7.94. The number of ether oxygens (including phenoxy) is 2. The van der Waals surface area contributed by atoms with E-state index in [1.54, 1.807) is 25.3 Å². The Bertz CT molecular complexity index is 1410. The maximum atomic E-state index is 12.9. The largest absolute Gasteiger partial charge is 0.456 e. The summed E-state index contributed by atoms with van der Waals surface area (Å²) in [6, 6.07) is 10.8. The Hall–Kier alpha value is -3.49. The number of halogens is 6. The van der Waals surface area contributed by atoms with Crippen molar-refractivity contribution in [1.29, 1.82) is 0 Å². The van der Waals surface area contributed by atoms with E-state index in [9.17, 15) is 18.0 Å². The number of alkyl halides is 3. The molecular formula is C25H29Cl3F3N7O3. The minimum atomic E-state index is -4.46. The quantitative estimate of drug-likeness (QED) is 0.171. The molecule has 4 rings (SSSR count). The zero-order chi connectivity index (χ0) is 28.4. The summed E-state index contributed by atoms with van der Waals surface area (Å²) >= 11 is 6.31. The van der Waals surface area contributed by atoms with Gasteiger partial charge in [0.05, 0.1) is 22.7 Å². The van der Waals surface area contributed by atoms with Crippen molar-refractivity contribution in [3.05, 3.63) is 71.6 Å². The first-order valence-electron chi connectivity index (χ1n) is 11.6. The Morgan fingerprint density at radius 2 is 1.88 bits per heavy atom. The molecule has 2 aromatic carbocycles. The third-order valence-corrected chi connectivity index (χ3v) is 5.40. The zero-order valence-corrected chi connectivity index (χ0v) is 24.0. The van der Waals surface area contributed by atoms with Gasteiger partial charge in [0.25, 0.3) is 0 Å². The monoisotopic (exact) mass is 637 g/mol. The minimum absolute atomic E-state index is 0. The molecule has 4 aromatic rings. The average Bonchev–Trinajstić information content (AvgIpc) is 3.30. The second kappa shape index (κ2) is 16.7. The third kappa shape index (κ3) is 10.4. The first-order chi connectivity index (χ1) is 18.6. The number of amides is 2. The molecule has 0 unspecified atom stereocenters. The SMILES string of the molecule is COCCNC(N)=O.Cl.Cl.NCCn1ccc2ncnc(Nc3ccc(Oc4cccc(C(F)(F)F)c4)c(Cl)c3)c21. The maximum Gasteiger partial charge on any atom is 0.416 e. The van der Waals surface area contributed by atoms with E-state index in [1.807, 2.05) is 16.8 Å². The van der Waals surface area contributed by atoms with Crippen molar-refractivity contribution in [3.63, 3.8) is 0 Å². The van der Waals surface area contributed by atoms with Gasteiger partial charge in [-0.2, -0.15) is 13.2 Å². The Kier molecular flexibility index (Phi) is 14.5. The molecule has 2 amide bonds. The molecular weight excluding hydrogens is 610 g/mol. The second-order valence-corrected chi connectivity index (χ2v) is 8.34. The van der Waals surface area contributed by atoms with Gasteiger partial charge in [-0.1, -0.05) is 17.7 Å². The molecule has 0 aliphatic heterocycles. The van der Waals surface area contributed by atoms with Crippen LogP contribution in [-0.4, -0.2) is 47.4 Å². The standard InChI is InChI=1S/C21H17ClF3N5O.C4H10N2O2.2ClH/c22-16-11-14(29-20-19-17(27-12-28-20)6-8-30(19)9-7-26)4-5-18(16)31-15-3-1-2-13(10-15)21(23,24)25;1-8-3-2-6-4(5)7;;/h1-6,8,10-12H,7,9,26H2,(H,27,28,29);2-3H2,1H3,(H3,5,6,7);2*1H. The van der Waals surface area contributed by atoms with Crippen LogP contribution in [0.15, 0.2) is 61.1 Å². The summed E-state index contributed by atoms with van der Waals surface area (Å²) in [5.41, 5.74) is 11.8. The van der Waals surface area contributed by atoms with Gasteiger partial charge in [0.2, 0.25) is 0 Å². The fraction of sp³-hybridized carbons (Fsp3) is 0.240. The Morgan fingerprint density at radius 1 is 1.12 bits per heavy atom. The summed E-state index contributed by atoms with van der Waals surface area (Å²) in [6.07, 6.45) is -1.12. The zero-order valence-electron chi connectivity index (χ0n) is 21.7. The van der Waals surface area contributed by atoms with Crippen LogP contribution < -0.4 is 26.8 Å². The number of methoxy groups -OCH3 is 1. The summed E-state index contributed by atoms with van der Waals surface area (Å²) in [6.45, 7) is 2.05. The lowest BCUT2D eigenvalue weighted by Crippen LogP contribution is -2.31. The predicted molar refractivity (Wildman–Crippen MR) is 157 cm³/mol. The molecule has 0 spiro atoms. The molecule has 41 heavy (non-hydrogen) atoms. The van der Waals surface area contributed by atoms with Crippen LogP contribution in [0.1, 0.15) is 5.56 Å². The number of nitrogens with one attached hydrogen (secondary N) is 2. The van der Waals surface area contributed by atoms with E-state index in [0.717, 1.165) is 23.2 Å². The van der Waals surface area contributed by atoms with Crippen LogP contribution >= 0.6 is 36.4 Å². The molecule has 2 heterocycles. The molecule has 0 fully saturated rings. The topological polar surface area (TPSA) is 142 Å². The molecule has 0 atom stereocenters. The van der Waals surface area contributed by atoms with Gasteiger partial charge in [-0.15, -0.1) is 24.8 Å². The molecule has 0 aliphatic carbocycles. The van der Waals surface area contributed by atoms with Gasteiger partial charge >= 0.3 is 12.2 Å². The van der Waals surface area contributed by atoms with Gasteiger partial charge in [-0.05, 0) is 42.5 Å². The number of primary amides is 1. The van der Waals surface area contributed by atoms with Crippen molar-refractivity contribution in [1.82, 2.24) is 19.9 Å². The van der Waals surface area contributed by atoms with Crippen molar-refractivity contribution in [2.45, 2.75) is 12.7 Å². The van der Waals surface area contributed by atoms with Crippen LogP contribution in [0.5, 0.6) is 11.5 Å². The predicted octanol–water partition coefficient (Wildman–Crippen LogP) is 5.74. The molecule has 0 saturated carbocycles. The first-order valence-corrected chi connectivity index (χ1v) is 11.9. The Morgan fingerprint density at radius 3 is 2.51 bits per heavy atom. The van der Waals surface area contributed by atoms with E-state index in [2.05, 4.69) is 25.3 Å². The van der Waals surface area contributed by atoms with Gasteiger partial charge in [0.1, 0.15) is 23.3 Å². The smallest absolute Gasteiger partial charge is 0.416 e. The fourth-order valence-corrected chi connectivity index (χ4v) is 3.61. The number of aromatic nitrogens is 3. The van der Waals surface area contributed by atoms with Crippen LogP contribution in [-0.2, 0) is 17.5 Å². The molecule has 0 radical (unpaired) electrons. The molecule has 16 heteroatoms. The minimum Gasteiger partial charge on any atom is -0.456 e. The summed E-state index contributed by atoms with van der Waals surface area (Å²) < 4.78 is 50.8. The van der Waals surface area contributed by atoms with Crippen molar-refractivity contribution in [2.75, 3.05) is 32.1 Å². The molecule has 10 nitrogen and oxygen atoms in total. The van der Waals surface area contributed by atoms with Crippen LogP contribution in [0.4, 0.5) is 29.5 Å². The average molecular weight is 639 g/mol. The van der Waals surface area contributed by atoms with Gasteiger partial charge in [0, 0.05) is 38.6 Å². The number of anilines is 2. The van der Waals surface area contributed by atoms with Gasteiger partial charge in [0.15, 0.2) is 5.82 Å². The highest BCUT2D eigenvalue weighted by Gasteiger charge is 2.30. The van der Waals surface area contributed by atoms with Crippen LogP contribution in [0.3, 0.4) is 0 Å². The number of fused-ring (bicyclic) bond motifs is 1. The number of benzene rings is 2. The molecule has 0 bridgehead atoms. The van der Waals surface area contributed by atoms with Crippen LogP contribution in [0.2, 0.25) is 5.02 Å². The Balaban J connectivity index is 0.000000740. The van der Waals surface area contributed by atoms with E-state index < -0.39 is 17.8 Å². The number of nitrogens with two attached hydrogens (primary N) is 2. The highest BCUT2D eigenvalue weighted by atomic mass is 35.5. The van der Waals surface area contributed by atoms with Crippen molar-refractivity contribution in [3.8, 4) is 11.5 Å². The number of hydrogen-bond donors (Lipinski definition) is 4. The normalized spacial score (nSPS) is 10.5. The Labute approximate surface area is 251 Å². The van der Waals surface area contributed by atoms with Crippen molar-refractivity contribution in [2.24, 2.45) is 11.5 Å². The molecule has 2 aromatic heterocycles. The van der Waals surface area contributed by atoms with Gasteiger partial charge < -0.3 is 36.1 Å². The molecule has 0 saturated heterocycles. The van der Waals surface area contributed by atoms with E-state index >= 15 is 0 Å². The lowest BCUT2D eigenvalue weighted by molar-refractivity contribution is -0.137. The lowest BCUT2D eigenvalue weighted by Gasteiger charge is -2.13. The van der Waals surface area contributed by atoms with E-state index in [-0.39, 0.29) is 41.3 Å². The highest BCUT2D eigenvalue weighted by Crippen LogP contribution is 2.36. The molecule has 224 valence electrons. The third-order valence-electron chi connectivity index (χ3n) is 5.11. The number of carbonyl (C=O) groups is 1. The molecule has 6 N–H and O–H groups in total. The van der Waals surface area contributed by atoms with Gasteiger partial charge in [-0.25, -0.2) is 14.8 Å². The number of hydrogen-bond acceptors (Lipinski definition) is 7. The van der Waals surface area contributed by atoms with E-state index in [1.165, 1.54) is 18.5 Å². The van der Waals surface area contributed by atoms with E-state index in [0.29, 0.717) is 37.7 Å².